The Balaban J connectivity index is 1.97. The Morgan fingerprint density at radius 2 is 2.10 bits per heavy atom. The zero-order chi connectivity index (χ0) is 15.5. The van der Waals surface area contributed by atoms with Crippen molar-refractivity contribution in [3.8, 4) is 0 Å². The molecule has 1 aromatic carbocycles. The summed E-state index contributed by atoms with van der Waals surface area (Å²) in [7, 11) is 0. The van der Waals surface area contributed by atoms with Crippen LogP contribution in [0.1, 0.15) is 38.2 Å². The van der Waals surface area contributed by atoms with Crippen molar-refractivity contribution >= 4 is 17.6 Å². The van der Waals surface area contributed by atoms with Crippen LogP contribution in [0.2, 0.25) is 5.02 Å². The molecule has 0 amide bonds. The standard InChI is InChI=1S/C16H21ClFNO2/c1-2-5-16(15(20)21)6-8-19(9-7-16)11-12-3-4-13(17)14(18)10-12/h3-4,10H,2,5-9,11H2,1H3,(H,20,21). The smallest absolute Gasteiger partial charge is 0.309 e. The van der Waals surface area contributed by atoms with Gasteiger partial charge in [0, 0.05) is 6.54 Å². The SMILES string of the molecule is CCCC1(C(=O)O)CCN(Cc2ccc(Cl)c(F)c2)CC1. The molecule has 0 aromatic heterocycles. The predicted molar refractivity (Wildman–Crippen MR) is 80.9 cm³/mol. The van der Waals surface area contributed by atoms with Crippen molar-refractivity contribution in [2.45, 2.75) is 39.2 Å². The molecule has 2 rings (SSSR count). The van der Waals surface area contributed by atoms with Crippen LogP contribution in [0, 0.1) is 11.2 Å². The number of carboxylic acid groups (broad SMARTS) is 1. The molecule has 0 atom stereocenters. The average molecular weight is 314 g/mol. The van der Waals surface area contributed by atoms with Crippen LogP contribution in [-0.4, -0.2) is 29.1 Å². The number of carbonyl (C=O) groups is 1. The van der Waals surface area contributed by atoms with Crippen molar-refractivity contribution in [3.05, 3.63) is 34.6 Å². The fourth-order valence-corrected chi connectivity index (χ4v) is 3.20. The van der Waals surface area contributed by atoms with E-state index < -0.39 is 17.2 Å². The number of nitrogens with zero attached hydrogens (tertiary/aromatic N) is 1. The number of likely N-dealkylation sites (tertiary alicyclic amines) is 1. The van der Waals surface area contributed by atoms with Crippen LogP contribution in [0.25, 0.3) is 0 Å². The van der Waals surface area contributed by atoms with Crippen molar-refractivity contribution in [2.75, 3.05) is 13.1 Å². The predicted octanol–water partition coefficient (Wildman–Crippen LogP) is 3.95. The van der Waals surface area contributed by atoms with Gasteiger partial charge in [-0.05, 0) is 50.0 Å². The highest BCUT2D eigenvalue weighted by Gasteiger charge is 2.40. The maximum absolute atomic E-state index is 13.4. The Bertz CT molecular complexity index is 513. The van der Waals surface area contributed by atoms with Gasteiger partial charge in [0.2, 0.25) is 0 Å². The van der Waals surface area contributed by atoms with E-state index in [0.29, 0.717) is 19.4 Å². The molecule has 0 spiro atoms. The lowest BCUT2D eigenvalue weighted by Crippen LogP contribution is -2.44. The van der Waals surface area contributed by atoms with Gasteiger partial charge in [0.25, 0.3) is 0 Å². The summed E-state index contributed by atoms with van der Waals surface area (Å²) in [6.07, 6.45) is 2.93. The number of rotatable bonds is 5. The van der Waals surface area contributed by atoms with E-state index in [1.165, 1.54) is 6.07 Å². The molecule has 1 aliphatic rings. The Hall–Kier alpha value is -1.13. The van der Waals surface area contributed by atoms with Gasteiger partial charge in [0.1, 0.15) is 5.82 Å². The molecule has 0 bridgehead atoms. The molecule has 3 nitrogen and oxygen atoms in total. The lowest BCUT2D eigenvalue weighted by atomic mass is 9.75. The van der Waals surface area contributed by atoms with Crippen LogP contribution in [0.5, 0.6) is 0 Å². The van der Waals surface area contributed by atoms with Gasteiger partial charge < -0.3 is 5.11 Å². The summed E-state index contributed by atoms with van der Waals surface area (Å²) in [6.45, 7) is 4.12. The third-order valence-corrected chi connectivity index (χ3v) is 4.69. The number of benzene rings is 1. The summed E-state index contributed by atoms with van der Waals surface area (Å²) in [6, 6.07) is 4.83. The molecule has 0 unspecified atom stereocenters. The van der Waals surface area contributed by atoms with Gasteiger partial charge in [-0.25, -0.2) is 4.39 Å². The highest BCUT2D eigenvalue weighted by atomic mass is 35.5. The first-order valence-corrected chi connectivity index (χ1v) is 7.74. The molecule has 21 heavy (non-hydrogen) atoms. The van der Waals surface area contributed by atoms with Crippen LogP contribution in [0.4, 0.5) is 4.39 Å². The molecule has 1 saturated heterocycles. The fraction of sp³-hybridized carbons (Fsp3) is 0.562. The van der Waals surface area contributed by atoms with E-state index in [9.17, 15) is 14.3 Å². The number of hydrogen-bond acceptors (Lipinski definition) is 2. The number of hydrogen-bond donors (Lipinski definition) is 1. The van der Waals surface area contributed by atoms with Gasteiger partial charge in [-0.15, -0.1) is 0 Å². The highest BCUT2D eigenvalue weighted by molar-refractivity contribution is 6.30. The largest absolute Gasteiger partial charge is 0.481 e. The third kappa shape index (κ3) is 3.74. The maximum atomic E-state index is 13.4. The van der Waals surface area contributed by atoms with Crippen molar-refractivity contribution < 1.29 is 14.3 Å². The molecule has 1 fully saturated rings. The highest BCUT2D eigenvalue weighted by Crippen LogP contribution is 2.36. The van der Waals surface area contributed by atoms with Crippen LogP contribution < -0.4 is 0 Å². The van der Waals surface area contributed by atoms with Gasteiger partial charge in [-0.3, -0.25) is 9.69 Å². The molecule has 0 saturated carbocycles. The second kappa shape index (κ2) is 6.75. The Kier molecular flexibility index (Phi) is 5.22. The van der Waals surface area contributed by atoms with Crippen molar-refractivity contribution in [1.82, 2.24) is 4.90 Å². The molecule has 1 aromatic rings. The van der Waals surface area contributed by atoms with Crippen LogP contribution in [0.15, 0.2) is 18.2 Å². The summed E-state index contributed by atoms with van der Waals surface area (Å²) in [5.41, 5.74) is 0.298. The van der Waals surface area contributed by atoms with E-state index in [4.69, 9.17) is 11.6 Å². The lowest BCUT2D eigenvalue weighted by Gasteiger charge is -2.38. The van der Waals surface area contributed by atoms with E-state index in [1.807, 2.05) is 13.0 Å². The lowest BCUT2D eigenvalue weighted by molar-refractivity contribution is -0.152. The van der Waals surface area contributed by atoms with Gasteiger partial charge in [0.15, 0.2) is 0 Å². The minimum absolute atomic E-state index is 0.130. The first-order valence-electron chi connectivity index (χ1n) is 7.36. The van der Waals surface area contributed by atoms with E-state index >= 15 is 0 Å². The Morgan fingerprint density at radius 3 is 2.62 bits per heavy atom. The zero-order valence-electron chi connectivity index (χ0n) is 12.2. The normalized spacial score (nSPS) is 18.6. The van der Waals surface area contributed by atoms with Crippen molar-refractivity contribution in [3.63, 3.8) is 0 Å². The summed E-state index contributed by atoms with van der Waals surface area (Å²) in [5.74, 6) is -1.08. The van der Waals surface area contributed by atoms with Crippen molar-refractivity contribution in [1.29, 1.82) is 0 Å². The molecule has 1 heterocycles. The van der Waals surface area contributed by atoms with Gasteiger partial charge in [0.05, 0.1) is 10.4 Å². The molecule has 5 heteroatoms. The topological polar surface area (TPSA) is 40.5 Å². The number of aliphatic carboxylic acids is 1. The summed E-state index contributed by atoms with van der Waals surface area (Å²) >= 11 is 5.68. The molecule has 1 aliphatic heterocycles. The number of halogens is 2. The van der Waals surface area contributed by atoms with E-state index in [0.717, 1.165) is 31.5 Å². The summed E-state index contributed by atoms with van der Waals surface area (Å²) in [4.78, 5) is 13.7. The summed E-state index contributed by atoms with van der Waals surface area (Å²) in [5, 5.41) is 9.61. The molecular weight excluding hydrogens is 293 g/mol. The second-order valence-electron chi connectivity index (χ2n) is 5.86. The molecule has 0 radical (unpaired) electrons. The molecule has 116 valence electrons. The van der Waals surface area contributed by atoms with Crippen LogP contribution in [0.3, 0.4) is 0 Å². The Labute approximate surface area is 129 Å². The van der Waals surface area contributed by atoms with E-state index in [2.05, 4.69) is 4.90 Å². The quantitative estimate of drug-likeness (QED) is 0.895. The summed E-state index contributed by atoms with van der Waals surface area (Å²) < 4.78 is 13.4. The van der Waals surface area contributed by atoms with Crippen LogP contribution >= 0.6 is 11.6 Å². The Morgan fingerprint density at radius 1 is 1.43 bits per heavy atom. The van der Waals surface area contributed by atoms with Gasteiger partial charge in [-0.1, -0.05) is 31.0 Å². The second-order valence-corrected chi connectivity index (χ2v) is 6.27. The number of piperidine rings is 1. The minimum Gasteiger partial charge on any atom is -0.481 e. The van der Waals surface area contributed by atoms with E-state index in [-0.39, 0.29) is 5.02 Å². The molecular formula is C16H21ClFNO2. The molecule has 1 N–H and O–H groups in total. The minimum atomic E-state index is -0.679. The first-order chi connectivity index (χ1) is 9.97. The van der Waals surface area contributed by atoms with Gasteiger partial charge >= 0.3 is 5.97 Å². The maximum Gasteiger partial charge on any atom is 0.309 e. The zero-order valence-corrected chi connectivity index (χ0v) is 13.0. The average Bonchev–Trinajstić information content (AvgIpc) is 2.45. The third-order valence-electron chi connectivity index (χ3n) is 4.39. The first kappa shape index (κ1) is 16.2. The monoisotopic (exact) mass is 313 g/mol. The van der Waals surface area contributed by atoms with Gasteiger partial charge in [-0.2, -0.15) is 0 Å². The van der Waals surface area contributed by atoms with Crippen molar-refractivity contribution in [2.24, 2.45) is 5.41 Å². The van der Waals surface area contributed by atoms with E-state index in [1.54, 1.807) is 6.07 Å². The molecule has 0 aliphatic carbocycles. The number of carboxylic acids is 1. The van der Waals surface area contributed by atoms with Crippen LogP contribution in [-0.2, 0) is 11.3 Å². The fourth-order valence-electron chi connectivity index (χ4n) is 3.08.